The Labute approximate surface area is 193 Å². The van der Waals surface area contributed by atoms with Gasteiger partial charge in [0.2, 0.25) is 5.95 Å². The van der Waals surface area contributed by atoms with Crippen LogP contribution >= 0.6 is 0 Å². The highest BCUT2D eigenvalue weighted by atomic mass is 19.4. The van der Waals surface area contributed by atoms with Crippen LogP contribution in [-0.4, -0.2) is 54.9 Å². The number of nitrogens with zero attached hydrogens (tertiary/aromatic N) is 6. The zero-order valence-corrected chi connectivity index (χ0v) is 18.6. The minimum Gasteiger partial charge on any atom is -0.352 e. The van der Waals surface area contributed by atoms with E-state index in [1.807, 2.05) is 6.92 Å². The van der Waals surface area contributed by atoms with E-state index < -0.39 is 23.5 Å². The Kier molecular flexibility index (Phi) is 6.49. The Balaban J connectivity index is 1.59. The van der Waals surface area contributed by atoms with Crippen molar-refractivity contribution in [1.29, 1.82) is 0 Å². The molecule has 0 spiro atoms. The number of anilines is 1. The molecular weight excluding hydrogens is 454 g/mol. The quantitative estimate of drug-likeness (QED) is 0.562. The fourth-order valence-corrected chi connectivity index (χ4v) is 4.15. The average molecular weight is 477 g/mol. The molecule has 0 radical (unpaired) electrons. The molecule has 1 fully saturated rings. The molecular formula is C22H23F4N7O. The molecule has 2 aromatic heterocycles. The van der Waals surface area contributed by atoms with E-state index in [4.69, 9.17) is 0 Å². The van der Waals surface area contributed by atoms with Gasteiger partial charge in [-0.2, -0.15) is 28.2 Å². The first kappa shape index (κ1) is 23.6. The van der Waals surface area contributed by atoms with E-state index in [0.29, 0.717) is 24.5 Å². The summed E-state index contributed by atoms with van der Waals surface area (Å²) in [5.41, 5.74) is -0.225. The van der Waals surface area contributed by atoms with Crippen LogP contribution in [0.25, 0.3) is 5.69 Å². The number of aryl methyl sites for hydroxylation is 1. The maximum atomic E-state index is 15.1. The highest BCUT2D eigenvalue weighted by Gasteiger charge is 2.35. The number of amides is 1. The van der Waals surface area contributed by atoms with Crippen LogP contribution in [0.4, 0.5) is 23.5 Å². The van der Waals surface area contributed by atoms with Gasteiger partial charge in [-0.25, -0.2) is 14.4 Å². The Morgan fingerprint density at radius 2 is 1.85 bits per heavy atom. The van der Waals surface area contributed by atoms with Gasteiger partial charge in [0, 0.05) is 25.5 Å². The van der Waals surface area contributed by atoms with Gasteiger partial charge in [0.15, 0.2) is 0 Å². The average Bonchev–Trinajstić information content (AvgIpc) is 3.32. The highest BCUT2D eigenvalue weighted by molar-refractivity contribution is 5.98. The lowest BCUT2D eigenvalue weighted by Crippen LogP contribution is -2.51. The number of nitrogens with one attached hydrogen (secondary N) is 1. The molecule has 1 aliphatic heterocycles. The lowest BCUT2D eigenvalue weighted by Gasteiger charge is -2.40. The number of rotatable bonds is 5. The molecule has 1 N–H and O–H groups in total. The zero-order valence-electron chi connectivity index (χ0n) is 18.6. The van der Waals surface area contributed by atoms with Crippen LogP contribution in [0.15, 0.2) is 36.9 Å². The van der Waals surface area contributed by atoms with Crippen LogP contribution in [0, 0.1) is 18.7 Å². The van der Waals surface area contributed by atoms with E-state index in [1.165, 1.54) is 23.3 Å². The summed E-state index contributed by atoms with van der Waals surface area (Å²) in [4.78, 5) is 23.9. The van der Waals surface area contributed by atoms with Crippen LogP contribution in [0.1, 0.15) is 41.3 Å². The van der Waals surface area contributed by atoms with Crippen LogP contribution in [0.2, 0.25) is 0 Å². The van der Waals surface area contributed by atoms with E-state index in [0.717, 1.165) is 12.8 Å². The molecule has 3 aromatic rings. The molecule has 1 aromatic carbocycles. The third kappa shape index (κ3) is 4.85. The van der Waals surface area contributed by atoms with Gasteiger partial charge in [-0.05, 0) is 43.4 Å². The summed E-state index contributed by atoms with van der Waals surface area (Å²) in [5.74, 6) is -1.11. The summed E-state index contributed by atoms with van der Waals surface area (Å²) in [7, 11) is 0. The van der Waals surface area contributed by atoms with E-state index in [9.17, 15) is 18.0 Å². The van der Waals surface area contributed by atoms with Gasteiger partial charge in [0.25, 0.3) is 5.91 Å². The van der Waals surface area contributed by atoms with Gasteiger partial charge in [0.05, 0.1) is 24.0 Å². The predicted molar refractivity (Wildman–Crippen MR) is 115 cm³/mol. The minimum absolute atomic E-state index is 0.0149. The Morgan fingerprint density at radius 1 is 1.18 bits per heavy atom. The summed E-state index contributed by atoms with van der Waals surface area (Å²) in [5, 5.41) is 11.0. The maximum Gasteiger partial charge on any atom is 0.419 e. The van der Waals surface area contributed by atoms with E-state index in [-0.39, 0.29) is 35.7 Å². The number of hydrogen-bond donors (Lipinski definition) is 1. The summed E-state index contributed by atoms with van der Waals surface area (Å²) >= 11 is 0. The SMILES string of the molecule is Cc1cc(F)c(C(=O)N2CCC[C@@H](C)[C@H]2CNc2ncc(C(F)(F)F)cn2)c(-n2nccn2)c1. The second-order valence-corrected chi connectivity index (χ2v) is 8.32. The number of aromatic nitrogens is 5. The fourth-order valence-electron chi connectivity index (χ4n) is 4.15. The number of halogens is 4. The van der Waals surface area contributed by atoms with Crippen molar-refractivity contribution in [1.82, 2.24) is 29.9 Å². The smallest absolute Gasteiger partial charge is 0.352 e. The van der Waals surface area contributed by atoms with Crippen LogP contribution in [0.3, 0.4) is 0 Å². The monoisotopic (exact) mass is 477 g/mol. The van der Waals surface area contributed by atoms with Gasteiger partial charge >= 0.3 is 6.18 Å². The van der Waals surface area contributed by atoms with Gasteiger partial charge < -0.3 is 10.2 Å². The number of carbonyl (C=O) groups is 1. The van der Waals surface area contributed by atoms with Crippen molar-refractivity contribution in [3.8, 4) is 5.69 Å². The van der Waals surface area contributed by atoms with Crippen LogP contribution in [-0.2, 0) is 6.18 Å². The topological polar surface area (TPSA) is 88.8 Å². The number of alkyl halides is 3. The second kappa shape index (κ2) is 9.35. The minimum atomic E-state index is -4.53. The highest BCUT2D eigenvalue weighted by Crippen LogP contribution is 2.30. The second-order valence-electron chi connectivity index (χ2n) is 8.32. The molecule has 4 rings (SSSR count). The summed E-state index contributed by atoms with van der Waals surface area (Å²) in [6.45, 7) is 4.29. The molecule has 0 unspecified atom stereocenters. The molecule has 0 bridgehead atoms. The molecule has 0 saturated carbocycles. The zero-order chi connectivity index (χ0) is 24.5. The number of carbonyl (C=O) groups excluding carboxylic acids is 1. The summed E-state index contributed by atoms with van der Waals surface area (Å²) < 4.78 is 53.3. The molecule has 3 heterocycles. The van der Waals surface area contributed by atoms with Crippen molar-refractivity contribution in [2.45, 2.75) is 38.9 Å². The molecule has 1 aliphatic rings. The summed E-state index contributed by atoms with van der Waals surface area (Å²) in [6, 6.07) is 2.58. The largest absolute Gasteiger partial charge is 0.419 e. The lowest BCUT2D eigenvalue weighted by atomic mass is 9.89. The summed E-state index contributed by atoms with van der Waals surface area (Å²) in [6.07, 6.45) is 1.33. The van der Waals surface area contributed by atoms with E-state index in [2.05, 4.69) is 25.5 Å². The first-order valence-electron chi connectivity index (χ1n) is 10.8. The van der Waals surface area contributed by atoms with Gasteiger partial charge in [-0.3, -0.25) is 4.79 Å². The molecule has 0 aliphatic carbocycles. The molecule has 180 valence electrons. The third-order valence-corrected chi connectivity index (χ3v) is 5.89. The first-order valence-corrected chi connectivity index (χ1v) is 10.8. The van der Waals surface area contributed by atoms with E-state index in [1.54, 1.807) is 17.9 Å². The molecule has 2 atom stereocenters. The number of likely N-dealkylation sites (tertiary alicyclic amines) is 1. The standard InChI is InChI=1S/C22H23F4N7O/c1-13-8-16(23)19(17(9-13)33-30-5-6-31-33)20(34)32-7-3-4-14(2)18(32)12-29-21-27-10-15(11-28-21)22(24,25)26/h5-6,8-11,14,18H,3-4,7,12H2,1-2H3,(H,27,28,29)/t14-,18-/m1/s1. The van der Waals surface area contributed by atoms with Crippen LogP contribution in [0.5, 0.6) is 0 Å². The maximum absolute atomic E-state index is 15.1. The van der Waals surface area contributed by atoms with Crippen molar-refractivity contribution in [2.75, 3.05) is 18.4 Å². The third-order valence-electron chi connectivity index (χ3n) is 5.89. The normalized spacial score (nSPS) is 18.7. The lowest BCUT2D eigenvalue weighted by molar-refractivity contribution is -0.138. The van der Waals surface area contributed by atoms with Gasteiger partial charge in [-0.15, -0.1) is 0 Å². The van der Waals surface area contributed by atoms with Crippen LogP contribution < -0.4 is 5.32 Å². The number of hydrogen-bond acceptors (Lipinski definition) is 6. The fraction of sp³-hybridized carbons (Fsp3) is 0.409. The van der Waals surface area contributed by atoms with Gasteiger partial charge in [-0.1, -0.05) is 6.92 Å². The Hall–Kier alpha value is -3.57. The van der Waals surface area contributed by atoms with Crippen molar-refractivity contribution in [3.63, 3.8) is 0 Å². The van der Waals surface area contributed by atoms with Gasteiger partial charge in [0.1, 0.15) is 17.1 Å². The van der Waals surface area contributed by atoms with Crippen molar-refractivity contribution in [3.05, 3.63) is 59.4 Å². The number of piperidine rings is 1. The van der Waals surface area contributed by atoms with Crippen molar-refractivity contribution in [2.24, 2.45) is 5.92 Å². The number of benzene rings is 1. The molecule has 34 heavy (non-hydrogen) atoms. The van der Waals surface area contributed by atoms with Crippen molar-refractivity contribution >= 4 is 11.9 Å². The predicted octanol–water partition coefficient (Wildman–Crippen LogP) is 3.88. The molecule has 1 saturated heterocycles. The molecule has 1 amide bonds. The van der Waals surface area contributed by atoms with E-state index >= 15 is 4.39 Å². The molecule has 12 heteroatoms. The van der Waals surface area contributed by atoms with Crippen molar-refractivity contribution < 1.29 is 22.4 Å². The Morgan fingerprint density at radius 3 is 2.50 bits per heavy atom. The molecule has 8 nitrogen and oxygen atoms in total. The Bertz CT molecular complexity index is 1150. The first-order chi connectivity index (χ1) is 16.1.